The Morgan fingerprint density at radius 2 is 2.04 bits per heavy atom. The fourth-order valence-electron chi connectivity index (χ4n) is 3.38. The van der Waals surface area contributed by atoms with Crippen LogP contribution in [0.5, 0.6) is 5.75 Å². The molecule has 6 nitrogen and oxygen atoms in total. The lowest BCUT2D eigenvalue weighted by Crippen LogP contribution is -2.30. The maximum Gasteiger partial charge on any atom is 0.173 e. The van der Waals surface area contributed by atoms with Crippen LogP contribution in [0.4, 0.5) is 8.78 Å². The van der Waals surface area contributed by atoms with E-state index in [0.717, 1.165) is 6.07 Å². The highest BCUT2D eigenvalue weighted by atomic mass is 19.2. The Hall–Kier alpha value is -2.03. The van der Waals surface area contributed by atoms with Crippen molar-refractivity contribution in [3.05, 3.63) is 36.2 Å². The quantitative estimate of drug-likeness (QED) is 0.920. The molecule has 2 fully saturated rings. The summed E-state index contributed by atoms with van der Waals surface area (Å²) >= 11 is 0. The van der Waals surface area contributed by atoms with Gasteiger partial charge in [-0.1, -0.05) is 0 Å². The molecule has 2 aliphatic rings. The van der Waals surface area contributed by atoms with E-state index in [2.05, 4.69) is 4.98 Å². The van der Waals surface area contributed by atoms with Gasteiger partial charge in [0.25, 0.3) is 0 Å². The lowest BCUT2D eigenvalue weighted by Gasteiger charge is -2.20. The van der Waals surface area contributed by atoms with Gasteiger partial charge in [0.1, 0.15) is 29.9 Å². The zero-order valence-corrected chi connectivity index (χ0v) is 12.9. The minimum absolute atomic E-state index is 0.0514. The Kier molecular flexibility index (Phi) is 3.75. The van der Waals surface area contributed by atoms with Crippen molar-refractivity contribution in [2.75, 3.05) is 20.3 Å². The van der Waals surface area contributed by atoms with Crippen LogP contribution in [0.25, 0.3) is 11.4 Å². The number of aromatic nitrogens is 2. The third-order valence-corrected chi connectivity index (χ3v) is 4.53. The van der Waals surface area contributed by atoms with Crippen molar-refractivity contribution in [1.29, 1.82) is 0 Å². The summed E-state index contributed by atoms with van der Waals surface area (Å²) in [6.07, 6.45) is 1.67. The van der Waals surface area contributed by atoms with Crippen molar-refractivity contribution in [2.24, 2.45) is 0 Å². The highest BCUT2D eigenvalue weighted by Crippen LogP contribution is 2.39. The number of imidazole rings is 1. The van der Waals surface area contributed by atoms with Gasteiger partial charge in [0, 0.05) is 12.4 Å². The topological polar surface area (TPSA) is 65.7 Å². The summed E-state index contributed by atoms with van der Waals surface area (Å²) in [6.45, 7) is 0.475. The zero-order valence-electron chi connectivity index (χ0n) is 12.9. The van der Waals surface area contributed by atoms with Crippen molar-refractivity contribution < 1.29 is 28.1 Å². The lowest BCUT2D eigenvalue weighted by atomic mass is 10.1. The average Bonchev–Trinajstić information content (AvgIpc) is 3.27. The van der Waals surface area contributed by atoms with Gasteiger partial charge >= 0.3 is 0 Å². The van der Waals surface area contributed by atoms with E-state index >= 15 is 0 Å². The smallest absolute Gasteiger partial charge is 0.173 e. The Bertz CT molecular complexity index is 767. The van der Waals surface area contributed by atoms with Crippen LogP contribution >= 0.6 is 0 Å². The Morgan fingerprint density at radius 1 is 1.25 bits per heavy atom. The molecule has 1 aromatic heterocycles. The van der Waals surface area contributed by atoms with Crippen LogP contribution in [0.1, 0.15) is 6.04 Å². The molecule has 0 aliphatic carbocycles. The number of methoxy groups -OCH3 is 1. The Labute approximate surface area is 136 Å². The number of aliphatic hydroxyl groups is 1. The van der Waals surface area contributed by atoms with Crippen LogP contribution in [-0.4, -0.2) is 53.3 Å². The van der Waals surface area contributed by atoms with Crippen LogP contribution in [-0.2, 0) is 9.47 Å². The number of nitrogens with zero attached hydrogens (tertiary/aromatic N) is 2. The maximum absolute atomic E-state index is 14.4. The van der Waals surface area contributed by atoms with Crippen LogP contribution in [0.15, 0.2) is 24.5 Å². The fourth-order valence-corrected chi connectivity index (χ4v) is 3.38. The minimum atomic E-state index is -1.02. The predicted molar refractivity (Wildman–Crippen MR) is 78.7 cm³/mol. The average molecular weight is 338 g/mol. The van der Waals surface area contributed by atoms with Gasteiger partial charge in [-0.2, -0.15) is 0 Å². The highest BCUT2D eigenvalue weighted by Gasteiger charge is 2.48. The zero-order chi connectivity index (χ0) is 16.8. The van der Waals surface area contributed by atoms with Gasteiger partial charge in [-0.15, -0.1) is 0 Å². The third-order valence-electron chi connectivity index (χ3n) is 4.53. The molecule has 1 N–H and O–H groups in total. The minimum Gasteiger partial charge on any atom is -0.496 e. The lowest BCUT2D eigenvalue weighted by molar-refractivity contribution is 0.0172. The largest absolute Gasteiger partial charge is 0.496 e. The molecule has 0 bridgehead atoms. The van der Waals surface area contributed by atoms with Crippen LogP contribution in [0, 0.1) is 11.6 Å². The van der Waals surface area contributed by atoms with Gasteiger partial charge in [-0.3, -0.25) is 0 Å². The SMILES string of the molecule is COc1ccc(F)c(F)c1-c1nccn1[C@H]1CO[C@H]2[C@@H]1OC[C@H]2O. The van der Waals surface area contributed by atoms with Crippen molar-refractivity contribution >= 4 is 0 Å². The van der Waals surface area contributed by atoms with E-state index in [1.807, 2.05) is 0 Å². The summed E-state index contributed by atoms with van der Waals surface area (Å²) in [4.78, 5) is 4.18. The molecule has 0 saturated carbocycles. The molecular formula is C16H16F2N2O4. The summed E-state index contributed by atoms with van der Waals surface area (Å²) in [5.41, 5.74) is -0.0514. The number of aliphatic hydroxyl groups excluding tert-OH is 1. The van der Waals surface area contributed by atoms with Gasteiger partial charge < -0.3 is 23.9 Å². The summed E-state index contributed by atoms with van der Waals surface area (Å²) in [5, 5.41) is 9.86. The van der Waals surface area contributed by atoms with E-state index in [0.29, 0.717) is 0 Å². The number of halogens is 2. The first kappa shape index (κ1) is 15.5. The van der Waals surface area contributed by atoms with Crippen LogP contribution in [0.2, 0.25) is 0 Å². The first-order valence-electron chi connectivity index (χ1n) is 7.58. The molecule has 2 aromatic rings. The summed E-state index contributed by atoms with van der Waals surface area (Å²) in [7, 11) is 1.38. The Balaban J connectivity index is 1.78. The molecule has 0 radical (unpaired) electrons. The van der Waals surface area contributed by atoms with Crippen LogP contribution < -0.4 is 4.74 Å². The van der Waals surface area contributed by atoms with Gasteiger partial charge in [-0.05, 0) is 12.1 Å². The molecule has 0 amide bonds. The number of hydrogen-bond acceptors (Lipinski definition) is 5. The molecule has 1 aromatic carbocycles. The van der Waals surface area contributed by atoms with E-state index in [4.69, 9.17) is 14.2 Å². The standard InChI is InChI=1S/C16H16F2N2O4/c1-22-11-3-2-8(17)13(18)12(11)16-19-4-5-20(16)9-6-23-15-10(21)7-24-14(9)15/h2-5,9-10,14-15,21H,6-7H2,1H3/t9-,10+,14+,15+/m0/s1. The van der Waals surface area contributed by atoms with Gasteiger partial charge in [0.2, 0.25) is 0 Å². The molecule has 4 rings (SSSR count). The van der Waals surface area contributed by atoms with E-state index in [-0.39, 0.29) is 42.5 Å². The number of fused-ring (bicyclic) bond motifs is 1. The molecule has 2 saturated heterocycles. The predicted octanol–water partition coefficient (Wildman–Crippen LogP) is 1.54. The molecule has 8 heteroatoms. The second-order valence-corrected chi connectivity index (χ2v) is 5.83. The second kappa shape index (κ2) is 5.80. The Morgan fingerprint density at radius 3 is 2.83 bits per heavy atom. The van der Waals surface area contributed by atoms with Crippen LogP contribution in [0.3, 0.4) is 0 Å². The normalized spacial score (nSPS) is 29.0. The molecule has 3 heterocycles. The van der Waals surface area contributed by atoms with Crippen molar-refractivity contribution in [3.8, 4) is 17.1 Å². The molecule has 4 atom stereocenters. The van der Waals surface area contributed by atoms with Crippen molar-refractivity contribution in [1.82, 2.24) is 9.55 Å². The fraction of sp³-hybridized carbons (Fsp3) is 0.438. The first-order valence-corrected chi connectivity index (χ1v) is 7.58. The molecule has 24 heavy (non-hydrogen) atoms. The van der Waals surface area contributed by atoms with E-state index in [9.17, 15) is 13.9 Å². The van der Waals surface area contributed by atoms with Crippen molar-refractivity contribution in [3.63, 3.8) is 0 Å². The molecule has 0 unspecified atom stereocenters. The van der Waals surface area contributed by atoms with E-state index < -0.39 is 23.8 Å². The van der Waals surface area contributed by atoms with E-state index in [1.54, 1.807) is 10.8 Å². The molecule has 128 valence electrons. The number of hydrogen-bond donors (Lipinski definition) is 1. The molecule has 0 spiro atoms. The van der Waals surface area contributed by atoms with Gasteiger partial charge in [0.15, 0.2) is 11.6 Å². The van der Waals surface area contributed by atoms with E-state index in [1.165, 1.54) is 19.4 Å². The number of benzene rings is 1. The summed E-state index contributed by atoms with van der Waals surface area (Å²) in [5.74, 6) is -1.59. The first-order chi connectivity index (χ1) is 11.6. The monoisotopic (exact) mass is 338 g/mol. The van der Waals surface area contributed by atoms with Gasteiger partial charge in [0.05, 0.1) is 31.9 Å². The summed E-state index contributed by atoms with van der Waals surface area (Å²) < 4.78 is 46.2. The number of ether oxygens (including phenoxy) is 3. The summed E-state index contributed by atoms with van der Waals surface area (Å²) in [6, 6.07) is 2.07. The molecule has 2 aliphatic heterocycles. The van der Waals surface area contributed by atoms with Crippen molar-refractivity contribution in [2.45, 2.75) is 24.4 Å². The second-order valence-electron chi connectivity index (χ2n) is 5.83. The highest BCUT2D eigenvalue weighted by molar-refractivity contribution is 5.66. The maximum atomic E-state index is 14.4. The third kappa shape index (κ3) is 2.21. The number of rotatable bonds is 3. The molecular weight excluding hydrogens is 322 g/mol. The van der Waals surface area contributed by atoms with Gasteiger partial charge in [-0.25, -0.2) is 13.8 Å².